The van der Waals surface area contributed by atoms with Crippen molar-refractivity contribution in [3.8, 4) is 0 Å². The molecule has 1 rings (SSSR count). The minimum atomic E-state index is -0.195. The Hall–Kier alpha value is -1.52. The number of hydrogen-bond acceptors (Lipinski definition) is 4. The second kappa shape index (κ2) is 4.64. The summed E-state index contributed by atoms with van der Waals surface area (Å²) in [5.41, 5.74) is 7.72. The molecule has 14 heavy (non-hydrogen) atoms. The summed E-state index contributed by atoms with van der Waals surface area (Å²) in [6.45, 7) is 1.79. The van der Waals surface area contributed by atoms with Crippen LogP contribution in [0.2, 0.25) is 0 Å². The molecule has 0 amide bonds. The van der Waals surface area contributed by atoms with E-state index < -0.39 is 0 Å². The number of aliphatic hydroxyl groups is 1. The number of anilines is 1. The number of nitrogens with zero attached hydrogens (tertiary/aromatic N) is 1. The molecule has 0 fully saturated rings. The average Bonchev–Trinajstić information content (AvgIpc) is 2.17. The van der Waals surface area contributed by atoms with Crippen LogP contribution in [-0.2, 0) is 0 Å². The third kappa shape index (κ3) is 2.76. The first-order chi connectivity index (χ1) is 6.63. The van der Waals surface area contributed by atoms with Crippen molar-refractivity contribution in [1.82, 2.24) is 0 Å². The molecule has 76 valence electrons. The van der Waals surface area contributed by atoms with Crippen LogP contribution in [0, 0.1) is 6.92 Å². The van der Waals surface area contributed by atoms with E-state index in [1.807, 2.05) is 31.2 Å². The molecule has 1 aromatic rings. The van der Waals surface area contributed by atoms with Crippen molar-refractivity contribution < 1.29 is 5.11 Å². The molecule has 4 nitrogen and oxygen atoms in total. The molecule has 1 aromatic carbocycles. The number of hydrazine groups is 1. The molecule has 0 saturated carbocycles. The number of rotatable bonds is 3. The van der Waals surface area contributed by atoms with E-state index in [1.165, 1.54) is 11.2 Å². The fourth-order valence-corrected chi connectivity index (χ4v) is 1.08. The summed E-state index contributed by atoms with van der Waals surface area (Å²) in [4.78, 5) is 0. The van der Waals surface area contributed by atoms with Gasteiger partial charge in [-0.25, -0.2) is 5.84 Å². The fourth-order valence-electron chi connectivity index (χ4n) is 1.08. The minimum Gasteiger partial charge on any atom is -0.399 e. The molecule has 5 N–H and O–H groups in total. The van der Waals surface area contributed by atoms with Gasteiger partial charge < -0.3 is 10.8 Å². The Balaban J connectivity index is 2.84. The quantitative estimate of drug-likeness (QED) is 0.482. The van der Waals surface area contributed by atoms with Crippen molar-refractivity contribution in [3.63, 3.8) is 0 Å². The van der Waals surface area contributed by atoms with Gasteiger partial charge in [-0.05, 0) is 24.6 Å². The van der Waals surface area contributed by atoms with Gasteiger partial charge in [0.2, 0.25) is 0 Å². The van der Waals surface area contributed by atoms with Crippen LogP contribution in [0.15, 0.2) is 36.2 Å². The minimum absolute atomic E-state index is 0.195. The molecule has 0 bridgehead atoms. The first-order valence-electron chi connectivity index (χ1n) is 4.31. The van der Waals surface area contributed by atoms with E-state index >= 15 is 0 Å². The Morgan fingerprint density at radius 3 is 2.86 bits per heavy atom. The molecule has 0 saturated heterocycles. The Kier molecular flexibility index (Phi) is 3.50. The van der Waals surface area contributed by atoms with Crippen LogP contribution in [0.4, 0.5) is 5.69 Å². The molecule has 0 spiro atoms. The maximum Gasteiger partial charge on any atom is 0.0840 e. The maximum atomic E-state index is 8.71. The predicted octanol–water partition coefficient (Wildman–Crippen LogP) is 0.468. The SMILES string of the molecule is Cc1cccc(N(N)/C=C(\N)CO)c1. The van der Waals surface area contributed by atoms with Gasteiger partial charge in [0, 0.05) is 6.20 Å². The third-order valence-electron chi connectivity index (χ3n) is 1.79. The van der Waals surface area contributed by atoms with Crippen molar-refractivity contribution in [2.75, 3.05) is 11.6 Å². The van der Waals surface area contributed by atoms with Crippen LogP contribution >= 0.6 is 0 Å². The summed E-state index contributed by atoms with van der Waals surface area (Å²) in [6.07, 6.45) is 1.49. The zero-order chi connectivity index (χ0) is 10.6. The Labute approximate surface area is 83.4 Å². The van der Waals surface area contributed by atoms with Gasteiger partial charge in [-0.15, -0.1) is 0 Å². The molecule has 0 aliphatic rings. The first-order valence-corrected chi connectivity index (χ1v) is 4.31. The zero-order valence-corrected chi connectivity index (χ0v) is 8.14. The summed E-state index contributed by atoms with van der Waals surface area (Å²) < 4.78 is 0. The van der Waals surface area contributed by atoms with E-state index in [0.717, 1.165) is 11.3 Å². The molecule has 0 heterocycles. The van der Waals surface area contributed by atoms with E-state index in [0.29, 0.717) is 5.70 Å². The van der Waals surface area contributed by atoms with Crippen LogP contribution in [0.25, 0.3) is 0 Å². The van der Waals surface area contributed by atoms with Crippen molar-refractivity contribution in [1.29, 1.82) is 0 Å². The topological polar surface area (TPSA) is 75.5 Å². The van der Waals surface area contributed by atoms with Crippen LogP contribution < -0.4 is 16.6 Å². The molecular weight excluding hydrogens is 178 g/mol. The average molecular weight is 193 g/mol. The summed E-state index contributed by atoms with van der Waals surface area (Å²) in [7, 11) is 0. The second-order valence-electron chi connectivity index (χ2n) is 3.11. The van der Waals surface area contributed by atoms with E-state index in [-0.39, 0.29) is 6.61 Å². The van der Waals surface area contributed by atoms with Crippen LogP contribution in [-0.4, -0.2) is 11.7 Å². The summed E-state index contributed by atoms with van der Waals surface area (Å²) in [6, 6.07) is 7.69. The third-order valence-corrected chi connectivity index (χ3v) is 1.79. The van der Waals surface area contributed by atoms with Crippen LogP contribution in [0.5, 0.6) is 0 Å². The number of hydrogen-bond donors (Lipinski definition) is 3. The van der Waals surface area contributed by atoms with Crippen molar-refractivity contribution in [3.05, 3.63) is 41.7 Å². The Bertz CT molecular complexity index is 336. The lowest BCUT2D eigenvalue weighted by Crippen LogP contribution is -2.26. The Morgan fingerprint density at radius 2 is 2.29 bits per heavy atom. The molecule has 0 aliphatic carbocycles. The van der Waals surface area contributed by atoms with Gasteiger partial charge in [0.1, 0.15) is 0 Å². The van der Waals surface area contributed by atoms with Gasteiger partial charge in [0.05, 0.1) is 18.0 Å². The van der Waals surface area contributed by atoms with Crippen molar-refractivity contribution in [2.45, 2.75) is 6.92 Å². The first kappa shape index (κ1) is 10.6. The molecule has 0 aromatic heterocycles. The van der Waals surface area contributed by atoms with E-state index in [9.17, 15) is 0 Å². The summed E-state index contributed by atoms with van der Waals surface area (Å²) in [5, 5.41) is 10.1. The lowest BCUT2D eigenvalue weighted by atomic mass is 10.2. The molecule has 0 aliphatic heterocycles. The normalized spacial score (nSPS) is 11.5. The summed E-state index contributed by atoms with van der Waals surface area (Å²) >= 11 is 0. The molecule has 0 atom stereocenters. The molecule has 0 radical (unpaired) electrons. The monoisotopic (exact) mass is 193 g/mol. The number of aliphatic hydroxyl groups excluding tert-OH is 1. The number of benzene rings is 1. The maximum absolute atomic E-state index is 8.71. The highest BCUT2D eigenvalue weighted by Gasteiger charge is 1.98. The highest BCUT2D eigenvalue weighted by Crippen LogP contribution is 2.13. The number of nitrogens with two attached hydrogens (primary N) is 2. The predicted molar refractivity (Wildman–Crippen MR) is 57.2 cm³/mol. The van der Waals surface area contributed by atoms with E-state index in [4.69, 9.17) is 16.7 Å². The molecule has 0 unspecified atom stereocenters. The van der Waals surface area contributed by atoms with Crippen LogP contribution in [0.1, 0.15) is 5.56 Å². The summed E-state index contributed by atoms with van der Waals surface area (Å²) in [5.74, 6) is 5.71. The van der Waals surface area contributed by atoms with Gasteiger partial charge in [0.15, 0.2) is 0 Å². The molecule has 4 heteroatoms. The zero-order valence-electron chi connectivity index (χ0n) is 8.14. The van der Waals surface area contributed by atoms with E-state index in [1.54, 1.807) is 0 Å². The van der Waals surface area contributed by atoms with Gasteiger partial charge in [0.25, 0.3) is 0 Å². The Morgan fingerprint density at radius 1 is 1.57 bits per heavy atom. The van der Waals surface area contributed by atoms with Crippen LogP contribution in [0.3, 0.4) is 0 Å². The highest BCUT2D eigenvalue weighted by molar-refractivity contribution is 5.49. The smallest absolute Gasteiger partial charge is 0.0840 e. The van der Waals surface area contributed by atoms with E-state index in [2.05, 4.69) is 0 Å². The standard InChI is InChI=1S/C10H15N3O/c1-8-3-2-4-10(5-8)13(12)6-9(11)7-14/h2-6,14H,7,11-12H2,1H3/b9-6-. The lowest BCUT2D eigenvalue weighted by Gasteiger charge is -2.14. The largest absolute Gasteiger partial charge is 0.399 e. The van der Waals surface area contributed by atoms with Gasteiger partial charge >= 0.3 is 0 Å². The van der Waals surface area contributed by atoms with Crippen molar-refractivity contribution >= 4 is 5.69 Å². The highest BCUT2D eigenvalue weighted by atomic mass is 16.3. The van der Waals surface area contributed by atoms with Crippen molar-refractivity contribution in [2.24, 2.45) is 11.6 Å². The second-order valence-corrected chi connectivity index (χ2v) is 3.11. The number of aryl methyl sites for hydroxylation is 1. The fraction of sp³-hybridized carbons (Fsp3) is 0.200. The van der Waals surface area contributed by atoms with Gasteiger partial charge in [-0.3, -0.25) is 5.01 Å². The molecular formula is C10H15N3O. The van der Waals surface area contributed by atoms with Gasteiger partial charge in [-0.2, -0.15) is 0 Å². The van der Waals surface area contributed by atoms with Gasteiger partial charge in [-0.1, -0.05) is 12.1 Å². The lowest BCUT2D eigenvalue weighted by molar-refractivity contribution is 0.329.